The van der Waals surface area contributed by atoms with E-state index in [1.165, 1.54) is 12.6 Å². The molecule has 92 valence electrons. The Kier molecular flexibility index (Phi) is 3.56. The van der Waals surface area contributed by atoms with Crippen molar-refractivity contribution in [3.05, 3.63) is 18.1 Å². The lowest BCUT2D eigenvalue weighted by atomic mass is 10.0. The van der Waals surface area contributed by atoms with Crippen molar-refractivity contribution in [3.63, 3.8) is 0 Å². The van der Waals surface area contributed by atoms with E-state index in [4.69, 9.17) is 5.11 Å². The summed E-state index contributed by atoms with van der Waals surface area (Å²) in [5.74, 6) is -0.455. The number of piperidine rings is 1. The molecule has 1 aliphatic rings. The van der Waals surface area contributed by atoms with Gasteiger partial charge in [-0.15, -0.1) is 0 Å². The fourth-order valence-corrected chi connectivity index (χ4v) is 2.34. The average molecular weight is 235 g/mol. The molecule has 2 rings (SSSR count). The van der Waals surface area contributed by atoms with Gasteiger partial charge in [0, 0.05) is 18.8 Å². The summed E-state index contributed by atoms with van der Waals surface area (Å²) in [5, 5.41) is 8.89. The standard InChI is InChI=1S/C12H17N3O2/c1-2-9-5-3-4-8-15(9)10-6-7-13-11(14-10)12(16)17/h6-7,9H,2-5,8H2,1H3,(H,16,17). The number of carboxylic acid groups (broad SMARTS) is 1. The van der Waals surface area contributed by atoms with Crippen molar-refractivity contribution >= 4 is 11.8 Å². The van der Waals surface area contributed by atoms with Crippen LogP contribution >= 0.6 is 0 Å². The maximum atomic E-state index is 10.8. The predicted molar refractivity (Wildman–Crippen MR) is 64.3 cm³/mol. The van der Waals surface area contributed by atoms with E-state index in [1.807, 2.05) is 0 Å². The molecule has 0 aromatic carbocycles. The smallest absolute Gasteiger partial charge is 0.374 e. The van der Waals surface area contributed by atoms with Crippen molar-refractivity contribution in [2.75, 3.05) is 11.4 Å². The van der Waals surface area contributed by atoms with E-state index < -0.39 is 5.97 Å². The van der Waals surface area contributed by atoms with Crippen LogP contribution in [-0.4, -0.2) is 33.6 Å². The van der Waals surface area contributed by atoms with Crippen molar-refractivity contribution < 1.29 is 9.90 Å². The minimum absolute atomic E-state index is 0.122. The topological polar surface area (TPSA) is 66.3 Å². The van der Waals surface area contributed by atoms with Gasteiger partial charge in [0.25, 0.3) is 0 Å². The Morgan fingerprint density at radius 2 is 2.41 bits per heavy atom. The second kappa shape index (κ2) is 5.12. The number of hydrogen-bond acceptors (Lipinski definition) is 4. The molecule has 0 amide bonds. The number of carboxylic acids is 1. The summed E-state index contributed by atoms with van der Waals surface area (Å²) in [6, 6.07) is 2.26. The van der Waals surface area contributed by atoms with Gasteiger partial charge in [-0.25, -0.2) is 14.8 Å². The summed E-state index contributed by atoms with van der Waals surface area (Å²) in [5.41, 5.74) is 0. The third kappa shape index (κ3) is 2.54. The third-order valence-corrected chi connectivity index (χ3v) is 3.22. The molecule has 1 unspecified atom stereocenters. The van der Waals surface area contributed by atoms with E-state index >= 15 is 0 Å². The van der Waals surface area contributed by atoms with Gasteiger partial charge >= 0.3 is 5.97 Å². The Morgan fingerprint density at radius 3 is 3.12 bits per heavy atom. The molecule has 0 radical (unpaired) electrons. The zero-order valence-electron chi connectivity index (χ0n) is 9.96. The molecule has 1 N–H and O–H groups in total. The van der Waals surface area contributed by atoms with Crippen molar-refractivity contribution in [1.82, 2.24) is 9.97 Å². The molecule has 1 aliphatic heterocycles. The molecule has 0 spiro atoms. The first kappa shape index (κ1) is 11.8. The summed E-state index contributed by atoms with van der Waals surface area (Å²) >= 11 is 0. The summed E-state index contributed by atoms with van der Waals surface area (Å²) in [6.07, 6.45) is 6.12. The summed E-state index contributed by atoms with van der Waals surface area (Å²) < 4.78 is 0. The Bertz CT molecular complexity index is 408. The van der Waals surface area contributed by atoms with Crippen LogP contribution in [0.4, 0.5) is 5.82 Å². The van der Waals surface area contributed by atoms with Gasteiger partial charge in [0.2, 0.25) is 5.82 Å². The minimum Gasteiger partial charge on any atom is -0.475 e. The van der Waals surface area contributed by atoms with Gasteiger partial charge in [0.1, 0.15) is 5.82 Å². The van der Waals surface area contributed by atoms with Crippen LogP contribution in [0, 0.1) is 0 Å². The van der Waals surface area contributed by atoms with Crippen LogP contribution in [0.1, 0.15) is 43.2 Å². The second-order valence-corrected chi connectivity index (χ2v) is 4.29. The molecule has 5 heteroatoms. The first-order valence-corrected chi connectivity index (χ1v) is 6.05. The van der Waals surface area contributed by atoms with Crippen molar-refractivity contribution in [2.24, 2.45) is 0 Å². The first-order valence-electron chi connectivity index (χ1n) is 6.05. The van der Waals surface area contributed by atoms with E-state index in [0.29, 0.717) is 6.04 Å². The summed E-state index contributed by atoms with van der Waals surface area (Å²) in [7, 11) is 0. The van der Waals surface area contributed by atoms with E-state index in [9.17, 15) is 4.79 Å². The van der Waals surface area contributed by atoms with E-state index in [1.54, 1.807) is 6.07 Å². The van der Waals surface area contributed by atoms with E-state index in [-0.39, 0.29) is 5.82 Å². The average Bonchev–Trinajstić information content (AvgIpc) is 2.39. The summed E-state index contributed by atoms with van der Waals surface area (Å²) in [6.45, 7) is 3.11. The lowest BCUT2D eigenvalue weighted by Gasteiger charge is -2.36. The fourth-order valence-electron chi connectivity index (χ4n) is 2.34. The van der Waals surface area contributed by atoms with Crippen LogP contribution in [0.2, 0.25) is 0 Å². The molecular weight excluding hydrogens is 218 g/mol. The molecule has 0 saturated carbocycles. The lowest BCUT2D eigenvalue weighted by molar-refractivity contribution is 0.0683. The molecule has 2 heterocycles. The molecule has 5 nitrogen and oxygen atoms in total. The van der Waals surface area contributed by atoms with Gasteiger partial charge in [-0.1, -0.05) is 6.92 Å². The maximum Gasteiger partial charge on any atom is 0.374 e. The number of carbonyl (C=O) groups is 1. The predicted octanol–water partition coefficient (Wildman–Crippen LogP) is 1.94. The first-order chi connectivity index (χ1) is 8.22. The molecule has 1 atom stereocenters. The van der Waals surface area contributed by atoms with Crippen LogP contribution in [0.15, 0.2) is 12.3 Å². The van der Waals surface area contributed by atoms with E-state index in [0.717, 1.165) is 31.6 Å². The maximum absolute atomic E-state index is 10.8. The number of aromatic nitrogens is 2. The number of hydrogen-bond donors (Lipinski definition) is 1. The molecular formula is C12H17N3O2. The van der Waals surface area contributed by atoms with E-state index in [2.05, 4.69) is 21.8 Å². The van der Waals surface area contributed by atoms with Crippen LogP contribution < -0.4 is 4.90 Å². The summed E-state index contributed by atoms with van der Waals surface area (Å²) in [4.78, 5) is 20.9. The zero-order valence-corrected chi connectivity index (χ0v) is 9.96. The molecule has 0 bridgehead atoms. The van der Waals surface area contributed by atoms with Crippen molar-refractivity contribution in [2.45, 2.75) is 38.6 Å². The number of aromatic carboxylic acids is 1. The fraction of sp³-hybridized carbons (Fsp3) is 0.583. The van der Waals surface area contributed by atoms with Crippen molar-refractivity contribution in [1.29, 1.82) is 0 Å². The zero-order chi connectivity index (χ0) is 12.3. The number of nitrogens with zero attached hydrogens (tertiary/aromatic N) is 3. The normalized spacial score (nSPS) is 20.3. The highest BCUT2D eigenvalue weighted by atomic mass is 16.4. The molecule has 1 aromatic rings. The molecule has 1 fully saturated rings. The number of rotatable bonds is 3. The highest BCUT2D eigenvalue weighted by Crippen LogP contribution is 2.24. The molecule has 1 saturated heterocycles. The lowest BCUT2D eigenvalue weighted by Crippen LogP contribution is -2.39. The third-order valence-electron chi connectivity index (χ3n) is 3.22. The van der Waals surface area contributed by atoms with Gasteiger partial charge < -0.3 is 10.0 Å². The molecule has 0 aliphatic carbocycles. The Morgan fingerprint density at radius 1 is 1.59 bits per heavy atom. The van der Waals surface area contributed by atoms with Gasteiger partial charge in [0.15, 0.2) is 0 Å². The van der Waals surface area contributed by atoms with Crippen molar-refractivity contribution in [3.8, 4) is 0 Å². The minimum atomic E-state index is -1.07. The van der Waals surface area contributed by atoms with Gasteiger partial charge in [-0.2, -0.15) is 0 Å². The Balaban J connectivity index is 2.25. The Labute approximate surface area is 100 Å². The molecule has 17 heavy (non-hydrogen) atoms. The quantitative estimate of drug-likeness (QED) is 0.867. The highest BCUT2D eigenvalue weighted by molar-refractivity contribution is 5.83. The largest absolute Gasteiger partial charge is 0.475 e. The van der Waals surface area contributed by atoms with Crippen LogP contribution in [0.25, 0.3) is 0 Å². The van der Waals surface area contributed by atoms with Gasteiger partial charge in [-0.3, -0.25) is 0 Å². The van der Waals surface area contributed by atoms with Gasteiger partial charge in [0.05, 0.1) is 0 Å². The Hall–Kier alpha value is -1.65. The second-order valence-electron chi connectivity index (χ2n) is 4.29. The van der Waals surface area contributed by atoms with Crippen LogP contribution in [0.5, 0.6) is 0 Å². The van der Waals surface area contributed by atoms with Crippen LogP contribution in [-0.2, 0) is 0 Å². The highest BCUT2D eigenvalue weighted by Gasteiger charge is 2.22. The van der Waals surface area contributed by atoms with Crippen LogP contribution in [0.3, 0.4) is 0 Å². The molecule has 1 aromatic heterocycles. The van der Waals surface area contributed by atoms with Gasteiger partial charge in [-0.05, 0) is 31.7 Å². The monoisotopic (exact) mass is 235 g/mol. The SMILES string of the molecule is CCC1CCCCN1c1ccnc(C(=O)O)n1. The number of anilines is 1.